The van der Waals surface area contributed by atoms with Gasteiger partial charge in [-0.2, -0.15) is 0 Å². The van der Waals surface area contributed by atoms with E-state index in [0.717, 1.165) is 12.8 Å². The first-order valence-corrected chi connectivity index (χ1v) is 12.3. The number of aliphatic hydroxyl groups excluding tert-OH is 1. The fourth-order valence-corrected chi connectivity index (χ4v) is 7.68. The molecule has 0 radical (unpaired) electrons. The van der Waals surface area contributed by atoms with E-state index >= 15 is 0 Å². The first-order valence-electron chi connectivity index (χ1n) is 10.5. The molecule has 0 aromatic heterocycles. The van der Waals surface area contributed by atoms with Gasteiger partial charge in [-0.15, -0.1) is 0 Å². The van der Waals surface area contributed by atoms with Gasteiger partial charge in [0.2, 0.25) is 5.79 Å². The summed E-state index contributed by atoms with van der Waals surface area (Å²) < 4.78 is 36.5. The van der Waals surface area contributed by atoms with E-state index in [-0.39, 0.29) is 41.4 Å². The maximum Gasteiger partial charge on any atom is 0.204 e. The van der Waals surface area contributed by atoms with Gasteiger partial charge in [0.05, 0.1) is 17.6 Å². The maximum absolute atomic E-state index is 11.9. The average Bonchev–Trinajstić information content (AvgIpc) is 2.79. The van der Waals surface area contributed by atoms with Crippen molar-refractivity contribution in [3.63, 3.8) is 0 Å². The van der Waals surface area contributed by atoms with Crippen LogP contribution in [-0.2, 0) is 29.1 Å². The maximum atomic E-state index is 11.9. The summed E-state index contributed by atoms with van der Waals surface area (Å²) in [6, 6.07) is 0. The lowest BCUT2D eigenvalue weighted by Crippen LogP contribution is -2.73. The largest absolute Gasteiger partial charge is 0.392 e. The van der Waals surface area contributed by atoms with Crippen LogP contribution in [-0.4, -0.2) is 73.0 Å². The fourth-order valence-electron chi connectivity index (χ4n) is 6.45. The zero-order chi connectivity index (χ0) is 19.9. The minimum Gasteiger partial charge on any atom is -0.392 e. The third-order valence-electron chi connectivity index (χ3n) is 7.81. The van der Waals surface area contributed by atoms with Crippen LogP contribution in [0.4, 0.5) is 0 Å². The quantitative estimate of drug-likeness (QED) is 0.629. The van der Waals surface area contributed by atoms with Crippen LogP contribution in [0.2, 0.25) is 0 Å². The van der Waals surface area contributed by atoms with E-state index < -0.39 is 33.6 Å². The van der Waals surface area contributed by atoms with Crippen LogP contribution in [0.3, 0.4) is 0 Å². The molecule has 3 unspecified atom stereocenters. The van der Waals surface area contributed by atoms with Crippen molar-refractivity contribution in [1.82, 2.24) is 4.90 Å². The van der Waals surface area contributed by atoms with Gasteiger partial charge in [0, 0.05) is 37.3 Å². The summed E-state index contributed by atoms with van der Waals surface area (Å²) in [6.07, 6.45) is 0.846. The number of aliphatic hydroxyl groups is 1. The van der Waals surface area contributed by atoms with E-state index in [4.69, 9.17) is 19.2 Å². The van der Waals surface area contributed by atoms with Gasteiger partial charge in [0.25, 0.3) is 0 Å². The number of hydrogen-bond acceptors (Lipinski definition) is 8. The standard InChI is InChI=1S/C19H31NO7S/c1-11-4-5-13-12(2)16(20-6-8-28(22,23)9-7-20)24-17-19(13)15(11)14(21)10-18(3,25-17)26-27-19/h11-17,21H,4-10H2,1-3H3/t11-,12-,13?,14+,15?,16-,17?,18+,19+/m1/s1. The molecule has 0 aromatic carbocycles. The van der Waals surface area contributed by atoms with Gasteiger partial charge in [-0.1, -0.05) is 13.8 Å². The van der Waals surface area contributed by atoms with Crippen LogP contribution in [0.25, 0.3) is 0 Å². The van der Waals surface area contributed by atoms with Crippen molar-refractivity contribution in [1.29, 1.82) is 0 Å². The Bertz CT molecular complexity index is 733. The van der Waals surface area contributed by atoms with Gasteiger partial charge >= 0.3 is 0 Å². The van der Waals surface area contributed by atoms with Gasteiger partial charge in [-0.3, -0.25) is 4.90 Å². The van der Waals surface area contributed by atoms with Gasteiger partial charge in [-0.05, 0) is 25.7 Å². The molecule has 160 valence electrons. The van der Waals surface area contributed by atoms with Crippen LogP contribution in [0.1, 0.15) is 40.0 Å². The SMILES string of the molecule is C[C@@H]1CCC2[C@@H](C)[C@H](N3CCS(=O)(=O)CC3)OC3O[C@]4(C)C[C@H](O)C1[C@]32OO4. The van der Waals surface area contributed by atoms with E-state index in [1.165, 1.54) is 0 Å². The highest BCUT2D eigenvalue weighted by atomic mass is 32.2. The summed E-state index contributed by atoms with van der Waals surface area (Å²) in [4.78, 5) is 14.0. The number of hydrogen-bond donors (Lipinski definition) is 1. The first kappa shape index (κ1) is 19.7. The van der Waals surface area contributed by atoms with Crippen LogP contribution in [0.5, 0.6) is 0 Å². The average molecular weight is 418 g/mol. The zero-order valence-corrected chi connectivity index (χ0v) is 17.6. The minimum atomic E-state index is -2.96. The molecule has 5 heterocycles. The number of rotatable bonds is 1. The summed E-state index contributed by atoms with van der Waals surface area (Å²) in [5, 5.41) is 11.0. The summed E-state index contributed by atoms with van der Waals surface area (Å²) >= 11 is 0. The number of ether oxygens (including phenoxy) is 2. The van der Waals surface area contributed by atoms with Crippen molar-refractivity contribution in [2.45, 2.75) is 70.0 Å². The Morgan fingerprint density at radius 2 is 1.82 bits per heavy atom. The normalized spacial score (nSPS) is 56.1. The molecule has 2 bridgehead atoms. The second kappa shape index (κ2) is 6.35. The van der Waals surface area contributed by atoms with Crippen LogP contribution < -0.4 is 0 Å². The monoisotopic (exact) mass is 417 g/mol. The molecule has 5 saturated heterocycles. The van der Waals surface area contributed by atoms with Gasteiger partial charge < -0.3 is 14.6 Å². The molecule has 0 aromatic rings. The molecule has 1 N–H and O–H groups in total. The third kappa shape index (κ3) is 2.74. The summed E-state index contributed by atoms with van der Waals surface area (Å²) in [7, 11) is -2.96. The van der Waals surface area contributed by atoms with Gasteiger partial charge in [0.15, 0.2) is 21.7 Å². The lowest BCUT2D eigenvalue weighted by Gasteiger charge is -2.61. The molecular weight excluding hydrogens is 386 g/mol. The molecule has 9 atom stereocenters. The van der Waals surface area contributed by atoms with Crippen LogP contribution in [0.15, 0.2) is 0 Å². The summed E-state index contributed by atoms with van der Waals surface area (Å²) in [5.41, 5.74) is -0.828. The lowest BCUT2D eigenvalue weighted by atomic mass is 9.57. The molecule has 1 saturated carbocycles. The topological polar surface area (TPSA) is 94.5 Å². The van der Waals surface area contributed by atoms with Crippen molar-refractivity contribution in [2.75, 3.05) is 24.6 Å². The molecule has 0 amide bonds. The van der Waals surface area contributed by atoms with Crippen molar-refractivity contribution in [2.24, 2.45) is 23.7 Å². The molecule has 6 aliphatic rings. The molecule has 5 aliphatic heterocycles. The Kier molecular flexibility index (Phi) is 4.46. The Labute approximate surface area is 166 Å². The molecule has 9 heteroatoms. The molecule has 6 rings (SSSR count). The lowest BCUT2D eigenvalue weighted by molar-refractivity contribution is -0.574. The highest BCUT2D eigenvalue weighted by molar-refractivity contribution is 7.91. The molecule has 8 nitrogen and oxygen atoms in total. The van der Waals surface area contributed by atoms with E-state index in [1.54, 1.807) is 6.92 Å². The molecular formula is C19H31NO7S. The third-order valence-corrected chi connectivity index (χ3v) is 9.42. The highest BCUT2D eigenvalue weighted by Crippen LogP contribution is 2.60. The Morgan fingerprint density at radius 1 is 1.11 bits per heavy atom. The van der Waals surface area contributed by atoms with Gasteiger partial charge in [-0.25, -0.2) is 18.2 Å². The second-order valence-corrected chi connectivity index (χ2v) is 11.9. The van der Waals surface area contributed by atoms with Crippen LogP contribution in [0, 0.1) is 23.7 Å². The number of sulfone groups is 1. The summed E-state index contributed by atoms with van der Waals surface area (Å²) in [6.45, 7) is 7.03. The second-order valence-electron chi connectivity index (χ2n) is 9.64. The van der Waals surface area contributed by atoms with Crippen molar-refractivity contribution in [3.05, 3.63) is 0 Å². The number of nitrogens with zero attached hydrogens (tertiary/aromatic N) is 1. The Hall–Kier alpha value is -0.290. The smallest absolute Gasteiger partial charge is 0.204 e. The minimum absolute atomic E-state index is 0.105. The molecule has 1 spiro atoms. The number of fused-ring (bicyclic) bond motifs is 2. The van der Waals surface area contributed by atoms with Crippen molar-refractivity contribution < 1.29 is 32.8 Å². The molecule has 28 heavy (non-hydrogen) atoms. The van der Waals surface area contributed by atoms with Gasteiger partial charge in [0.1, 0.15) is 6.23 Å². The Morgan fingerprint density at radius 3 is 2.54 bits per heavy atom. The van der Waals surface area contributed by atoms with E-state index in [1.807, 2.05) is 0 Å². The van der Waals surface area contributed by atoms with E-state index in [2.05, 4.69) is 18.7 Å². The molecule has 1 aliphatic carbocycles. The van der Waals surface area contributed by atoms with E-state index in [9.17, 15) is 13.5 Å². The first-order chi connectivity index (χ1) is 13.2. The summed E-state index contributed by atoms with van der Waals surface area (Å²) in [5.74, 6) is -0.359. The van der Waals surface area contributed by atoms with Crippen molar-refractivity contribution in [3.8, 4) is 0 Å². The predicted octanol–water partition coefficient (Wildman–Crippen LogP) is 0.896. The zero-order valence-electron chi connectivity index (χ0n) is 16.7. The molecule has 6 fully saturated rings. The fraction of sp³-hybridized carbons (Fsp3) is 1.00. The van der Waals surface area contributed by atoms with Crippen molar-refractivity contribution >= 4 is 9.84 Å². The van der Waals surface area contributed by atoms with Crippen LogP contribution >= 0.6 is 0 Å². The predicted molar refractivity (Wildman–Crippen MR) is 98.4 cm³/mol. The highest BCUT2D eigenvalue weighted by Gasteiger charge is 2.71. The Balaban J connectivity index is 1.51. The van der Waals surface area contributed by atoms with E-state index in [0.29, 0.717) is 19.5 Å².